The number of aromatic nitrogens is 2. The Morgan fingerprint density at radius 3 is 2.50 bits per heavy atom. The van der Waals surface area contributed by atoms with E-state index in [0.29, 0.717) is 11.7 Å². The van der Waals surface area contributed by atoms with Crippen molar-refractivity contribution >= 4 is 5.82 Å². The Balaban J connectivity index is 2.25. The van der Waals surface area contributed by atoms with Crippen molar-refractivity contribution in [3.05, 3.63) is 16.8 Å². The highest BCUT2D eigenvalue weighted by Crippen LogP contribution is 2.24. The smallest absolute Gasteiger partial charge is 0.169 e. The third kappa shape index (κ3) is 2.29. The van der Waals surface area contributed by atoms with E-state index in [-0.39, 0.29) is 0 Å². The van der Waals surface area contributed by atoms with Crippen LogP contribution in [0.5, 0.6) is 0 Å². The second kappa shape index (κ2) is 5.32. The highest BCUT2D eigenvalue weighted by molar-refractivity contribution is 5.57. The Morgan fingerprint density at radius 1 is 1.28 bits per heavy atom. The van der Waals surface area contributed by atoms with E-state index in [9.17, 15) is 5.26 Å². The molecule has 1 fully saturated rings. The first-order valence-corrected chi connectivity index (χ1v) is 6.19. The lowest BCUT2D eigenvalue weighted by Crippen LogP contribution is -2.37. The lowest BCUT2D eigenvalue weighted by molar-refractivity contribution is 0.0817. The molecule has 1 aromatic rings. The van der Waals surface area contributed by atoms with Gasteiger partial charge >= 0.3 is 0 Å². The Hall–Kier alpha value is -1.67. The van der Waals surface area contributed by atoms with E-state index in [0.717, 1.165) is 43.0 Å². The standard InChI is InChI=1S/C13H18N4O/c1-9-10(2)15-16-13(12(9)8-14)17-6-4-11(18-3)5-7-17/h11H,4-7H2,1-3H3. The van der Waals surface area contributed by atoms with E-state index in [1.807, 2.05) is 13.8 Å². The summed E-state index contributed by atoms with van der Waals surface area (Å²) < 4.78 is 5.35. The number of hydrogen-bond acceptors (Lipinski definition) is 5. The second-order valence-corrected chi connectivity index (χ2v) is 4.64. The summed E-state index contributed by atoms with van der Waals surface area (Å²) in [4.78, 5) is 2.13. The molecular weight excluding hydrogens is 228 g/mol. The van der Waals surface area contributed by atoms with Crippen LogP contribution in [-0.4, -0.2) is 36.5 Å². The number of nitriles is 1. The van der Waals surface area contributed by atoms with Crippen LogP contribution >= 0.6 is 0 Å². The van der Waals surface area contributed by atoms with Crippen LogP contribution < -0.4 is 4.90 Å². The fraction of sp³-hybridized carbons (Fsp3) is 0.615. The van der Waals surface area contributed by atoms with Gasteiger partial charge in [0.15, 0.2) is 5.82 Å². The van der Waals surface area contributed by atoms with Crippen molar-refractivity contribution < 1.29 is 4.74 Å². The fourth-order valence-electron chi connectivity index (χ4n) is 2.25. The molecule has 0 aromatic carbocycles. The zero-order valence-electron chi connectivity index (χ0n) is 11.1. The van der Waals surface area contributed by atoms with Gasteiger partial charge in [-0.25, -0.2) is 0 Å². The number of nitrogens with zero attached hydrogens (tertiary/aromatic N) is 4. The van der Waals surface area contributed by atoms with Crippen molar-refractivity contribution in [1.82, 2.24) is 10.2 Å². The number of piperidine rings is 1. The first kappa shape index (κ1) is 12.8. The fourth-order valence-corrected chi connectivity index (χ4v) is 2.25. The molecule has 0 amide bonds. The number of anilines is 1. The minimum atomic E-state index is 0.325. The predicted octanol–water partition coefficient (Wildman–Crippen LogP) is 1.58. The SMILES string of the molecule is COC1CCN(c2nnc(C)c(C)c2C#N)CC1. The zero-order chi connectivity index (χ0) is 13.1. The second-order valence-electron chi connectivity index (χ2n) is 4.64. The molecule has 0 aliphatic carbocycles. The average molecular weight is 246 g/mol. The maximum Gasteiger partial charge on any atom is 0.169 e. The summed E-state index contributed by atoms with van der Waals surface area (Å²) in [6.07, 6.45) is 2.26. The van der Waals surface area contributed by atoms with E-state index >= 15 is 0 Å². The van der Waals surface area contributed by atoms with Crippen LogP contribution in [0.15, 0.2) is 0 Å². The summed E-state index contributed by atoms with van der Waals surface area (Å²) in [5, 5.41) is 17.6. The van der Waals surface area contributed by atoms with Gasteiger partial charge < -0.3 is 9.64 Å². The number of rotatable bonds is 2. The van der Waals surface area contributed by atoms with E-state index in [1.54, 1.807) is 7.11 Å². The minimum absolute atomic E-state index is 0.325. The van der Waals surface area contributed by atoms with Gasteiger partial charge in [-0.1, -0.05) is 0 Å². The van der Waals surface area contributed by atoms with Crippen LogP contribution in [0.4, 0.5) is 5.82 Å². The molecule has 0 atom stereocenters. The molecule has 1 aliphatic rings. The Bertz CT molecular complexity index is 473. The van der Waals surface area contributed by atoms with Crippen molar-refractivity contribution in [2.24, 2.45) is 0 Å². The maximum absolute atomic E-state index is 9.28. The van der Waals surface area contributed by atoms with Crippen molar-refractivity contribution in [3.8, 4) is 6.07 Å². The van der Waals surface area contributed by atoms with Crippen LogP contribution in [0, 0.1) is 25.2 Å². The topological polar surface area (TPSA) is 62.0 Å². The molecule has 1 saturated heterocycles. The van der Waals surface area contributed by atoms with Gasteiger partial charge in [-0.05, 0) is 32.3 Å². The molecule has 96 valence electrons. The first-order valence-electron chi connectivity index (χ1n) is 6.19. The lowest BCUT2D eigenvalue weighted by Gasteiger charge is -2.32. The molecule has 0 saturated carbocycles. The molecule has 1 aromatic heterocycles. The van der Waals surface area contributed by atoms with Crippen LogP contribution in [0.3, 0.4) is 0 Å². The number of aryl methyl sites for hydroxylation is 1. The van der Waals surface area contributed by atoms with E-state index < -0.39 is 0 Å². The molecule has 2 rings (SSSR count). The first-order chi connectivity index (χ1) is 8.67. The highest BCUT2D eigenvalue weighted by Gasteiger charge is 2.23. The summed E-state index contributed by atoms with van der Waals surface area (Å²) in [6.45, 7) is 5.53. The third-order valence-corrected chi connectivity index (χ3v) is 3.62. The van der Waals surface area contributed by atoms with Crippen molar-refractivity contribution in [3.63, 3.8) is 0 Å². The predicted molar refractivity (Wildman–Crippen MR) is 68.5 cm³/mol. The molecule has 5 nitrogen and oxygen atoms in total. The minimum Gasteiger partial charge on any atom is -0.381 e. The summed E-state index contributed by atoms with van der Waals surface area (Å²) in [5.41, 5.74) is 2.40. The molecular formula is C13H18N4O. The number of ether oxygens (including phenoxy) is 1. The number of methoxy groups -OCH3 is 1. The van der Waals surface area contributed by atoms with Gasteiger partial charge in [-0.3, -0.25) is 0 Å². The lowest BCUT2D eigenvalue weighted by atomic mass is 10.1. The van der Waals surface area contributed by atoms with Gasteiger partial charge in [0, 0.05) is 20.2 Å². The molecule has 18 heavy (non-hydrogen) atoms. The van der Waals surface area contributed by atoms with Gasteiger partial charge in [0.25, 0.3) is 0 Å². The summed E-state index contributed by atoms with van der Waals surface area (Å²) in [5.74, 6) is 0.718. The van der Waals surface area contributed by atoms with Crippen molar-refractivity contribution in [2.45, 2.75) is 32.8 Å². The monoisotopic (exact) mass is 246 g/mol. The molecule has 0 bridgehead atoms. The zero-order valence-corrected chi connectivity index (χ0v) is 11.1. The Labute approximate surface area is 107 Å². The van der Waals surface area contributed by atoms with E-state index in [1.165, 1.54) is 0 Å². The largest absolute Gasteiger partial charge is 0.381 e. The van der Waals surface area contributed by atoms with Crippen LogP contribution in [0.2, 0.25) is 0 Å². The summed E-state index contributed by atoms with van der Waals surface area (Å²) in [7, 11) is 1.75. The van der Waals surface area contributed by atoms with Crippen LogP contribution in [0.25, 0.3) is 0 Å². The molecule has 1 aliphatic heterocycles. The molecule has 0 radical (unpaired) electrons. The van der Waals surface area contributed by atoms with Gasteiger partial charge in [-0.2, -0.15) is 10.4 Å². The Morgan fingerprint density at radius 2 is 1.94 bits per heavy atom. The van der Waals surface area contributed by atoms with Crippen LogP contribution in [0.1, 0.15) is 29.7 Å². The quantitative estimate of drug-likeness (QED) is 0.792. The Kier molecular flexibility index (Phi) is 3.78. The van der Waals surface area contributed by atoms with Gasteiger partial charge in [0.1, 0.15) is 11.6 Å². The van der Waals surface area contributed by atoms with E-state index in [4.69, 9.17) is 4.74 Å². The summed E-state index contributed by atoms with van der Waals surface area (Å²) in [6, 6.07) is 2.25. The summed E-state index contributed by atoms with van der Waals surface area (Å²) >= 11 is 0. The van der Waals surface area contributed by atoms with Crippen molar-refractivity contribution in [1.29, 1.82) is 5.26 Å². The maximum atomic E-state index is 9.28. The molecule has 0 N–H and O–H groups in total. The average Bonchev–Trinajstić information content (AvgIpc) is 2.42. The van der Waals surface area contributed by atoms with Gasteiger partial charge in [0.2, 0.25) is 0 Å². The van der Waals surface area contributed by atoms with Gasteiger partial charge in [0.05, 0.1) is 11.8 Å². The van der Waals surface area contributed by atoms with Gasteiger partial charge in [-0.15, -0.1) is 5.10 Å². The van der Waals surface area contributed by atoms with Crippen molar-refractivity contribution in [2.75, 3.05) is 25.1 Å². The molecule has 0 unspecified atom stereocenters. The molecule has 5 heteroatoms. The normalized spacial score (nSPS) is 16.7. The number of hydrogen-bond donors (Lipinski definition) is 0. The molecule has 0 spiro atoms. The highest BCUT2D eigenvalue weighted by atomic mass is 16.5. The van der Waals surface area contributed by atoms with E-state index in [2.05, 4.69) is 21.2 Å². The molecule has 2 heterocycles. The van der Waals surface area contributed by atoms with Crippen LogP contribution in [-0.2, 0) is 4.74 Å². The third-order valence-electron chi connectivity index (χ3n) is 3.62.